The molecular weight excluding hydrogens is 324 g/mol. The topological polar surface area (TPSA) is 46.5 Å². The van der Waals surface area contributed by atoms with Crippen molar-refractivity contribution >= 4 is 5.97 Å². The van der Waals surface area contributed by atoms with Gasteiger partial charge in [0.15, 0.2) is 0 Å². The van der Waals surface area contributed by atoms with Crippen LogP contribution < -0.4 is 0 Å². The molecule has 3 heteroatoms. The van der Waals surface area contributed by atoms with Crippen molar-refractivity contribution in [2.45, 2.75) is 135 Å². The normalized spacial score (nSPS) is 12.3. The molecule has 26 heavy (non-hydrogen) atoms. The quantitative estimate of drug-likeness (QED) is 0.186. The fourth-order valence-electron chi connectivity index (χ4n) is 3.47. The summed E-state index contributed by atoms with van der Waals surface area (Å²) in [4.78, 5) is 11.0. The molecule has 0 radical (unpaired) electrons. The molecule has 0 saturated carbocycles. The van der Waals surface area contributed by atoms with Crippen LogP contribution in [-0.4, -0.2) is 24.3 Å². The van der Waals surface area contributed by atoms with Crippen LogP contribution in [0.4, 0.5) is 0 Å². The van der Waals surface area contributed by atoms with E-state index in [0.29, 0.717) is 6.42 Å². The number of hydrogen-bond donors (Lipinski definition) is 1. The van der Waals surface area contributed by atoms with Gasteiger partial charge in [-0.1, -0.05) is 103 Å². The van der Waals surface area contributed by atoms with Crippen LogP contribution in [0.5, 0.6) is 0 Å². The number of rotatable bonds is 20. The van der Waals surface area contributed by atoms with E-state index in [1.54, 1.807) is 0 Å². The summed E-state index contributed by atoms with van der Waals surface area (Å²) in [5.41, 5.74) is 0. The Hall–Kier alpha value is -0.570. The minimum Gasteiger partial charge on any atom is -0.469 e. The summed E-state index contributed by atoms with van der Waals surface area (Å²) in [6.07, 6.45) is 22.7. The molecule has 0 amide bonds. The van der Waals surface area contributed by atoms with E-state index in [4.69, 9.17) is 0 Å². The van der Waals surface area contributed by atoms with E-state index in [-0.39, 0.29) is 12.1 Å². The molecule has 0 aliphatic carbocycles. The van der Waals surface area contributed by atoms with Gasteiger partial charge >= 0.3 is 5.97 Å². The van der Waals surface area contributed by atoms with Crippen molar-refractivity contribution in [2.75, 3.05) is 7.11 Å². The summed E-state index contributed by atoms with van der Waals surface area (Å²) in [7, 11) is 1.45. The molecule has 0 aromatic rings. The van der Waals surface area contributed by atoms with Gasteiger partial charge in [-0.15, -0.1) is 0 Å². The maximum atomic E-state index is 11.0. The van der Waals surface area contributed by atoms with Crippen LogP contribution in [0.25, 0.3) is 0 Å². The van der Waals surface area contributed by atoms with Crippen molar-refractivity contribution in [1.29, 1.82) is 0 Å². The van der Waals surface area contributed by atoms with Gasteiger partial charge in [-0.2, -0.15) is 0 Å². The molecule has 0 heterocycles. The fourth-order valence-corrected chi connectivity index (χ4v) is 3.47. The number of carbonyl (C=O) groups excluding carboxylic acids is 1. The molecule has 0 bridgehead atoms. The van der Waals surface area contributed by atoms with Crippen LogP contribution in [0.15, 0.2) is 0 Å². The zero-order valence-corrected chi connectivity index (χ0v) is 17.8. The zero-order chi connectivity index (χ0) is 19.3. The molecule has 3 nitrogen and oxygen atoms in total. The van der Waals surface area contributed by atoms with Crippen LogP contribution in [0.3, 0.4) is 0 Å². The summed E-state index contributed by atoms with van der Waals surface area (Å²) in [6.45, 7) is 2.27. The first-order chi connectivity index (χ1) is 12.7. The first-order valence-corrected chi connectivity index (χ1v) is 11.5. The van der Waals surface area contributed by atoms with E-state index in [0.717, 1.165) is 32.1 Å². The summed E-state index contributed by atoms with van der Waals surface area (Å²) in [5.74, 6) is -0.0971. The number of aliphatic hydroxyl groups excluding tert-OH is 1. The SMILES string of the molecule is CCCCCCCCCCCCC(O)CCCCCCCCC(=O)OC. The Morgan fingerprint density at radius 1 is 0.692 bits per heavy atom. The lowest BCUT2D eigenvalue weighted by Crippen LogP contribution is -2.05. The van der Waals surface area contributed by atoms with Crippen LogP contribution in [0.2, 0.25) is 0 Å². The van der Waals surface area contributed by atoms with Crippen molar-refractivity contribution in [1.82, 2.24) is 0 Å². The average Bonchev–Trinajstić information content (AvgIpc) is 2.65. The van der Waals surface area contributed by atoms with E-state index in [2.05, 4.69) is 11.7 Å². The minimum atomic E-state index is -0.0971. The van der Waals surface area contributed by atoms with E-state index in [1.807, 2.05) is 0 Å². The molecule has 0 aromatic carbocycles. The maximum absolute atomic E-state index is 11.0. The third-order valence-electron chi connectivity index (χ3n) is 5.29. The zero-order valence-electron chi connectivity index (χ0n) is 17.8. The Labute approximate surface area is 163 Å². The van der Waals surface area contributed by atoms with Crippen molar-refractivity contribution in [2.24, 2.45) is 0 Å². The highest BCUT2D eigenvalue weighted by Crippen LogP contribution is 2.15. The van der Waals surface area contributed by atoms with E-state index < -0.39 is 0 Å². The number of esters is 1. The molecule has 0 fully saturated rings. The summed E-state index contributed by atoms with van der Waals surface area (Å²) >= 11 is 0. The Kier molecular flexibility index (Phi) is 20.3. The lowest BCUT2D eigenvalue weighted by atomic mass is 10.0. The van der Waals surface area contributed by atoms with Crippen molar-refractivity contribution in [3.05, 3.63) is 0 Å². The van der Waals surface area contributed by atoms with Crippen LogP contribution in [0, 0.1) is 0 Å². The highest BCUT2D eigenvalue weighted by atomic mass is 16.5. The summed E-state index contributed by atoms with van der Waals surface area (Å²) in [5, 5.41) is 10.0. The second-order valence-electron chi connectivity index (χ2n) is 7.86. The van der Waals surface area contributed by atoms with Gasteiger partial charge < -0.3 is 9.84 Å². The summed E-state index contributed by atoms with van der Waals surface area (Å²) in [6, 6.07) is 0. The maximum Gasteiger partial charge on any atom is 0.305 e. The van der Waals surface area contributed by atoms with Gasteiger partial charge in [0, 0.05) is 6.42 Å². The Morgan fingerprint density at radius 2 is 1.08 bits per heavy atom. The molecular formula is C23H46O3. The van der Waals surface area contributed by atoms with Gasteiger partial charge in [-0.25, -0.2) is 0 Å². The van der Waals surface area contributed by atoms with E-state index >= 15 is 0 Å². The first kappa shape index (κ1) is 25.4. The molecule has 0 rings (SSSR count). The highest BCUT2D eigenvalue weighted by molar-refractivity contribution is 5.68. The van der Waals surface area contributed by atoms with E-state index in [9.17, 15) is 9.90 Å². The van der Waals surface area contributed by atoms with Gasteiger partial charge in [0.2, 0.25) is 0 Å². The number of ether oxygens (including phenoxy) is 1. The molecule has 0 spiro atoms. The van der Waals surface area contributed by atoms with E-state index in [1.165, 1.54) is 90.6 Å². The lowest BCUT2D eigenvalue weighted by molar-refractivity contribution is -0.140. The van der Waals surface area contributed by atoms with Gasteiger partial charge in [-0.3, -0.25) is 4.79 Å². The molecule has 1 N–H and O–H groups in total. The van der Waals surface area contributed by atoms with Crippen molar-refractivity contribution < 1.29 is 14.6 Å². The van der Waals surface area contributed by atoms with Crippen LogP contribution in [0.1, 0.15) is 129 Å². The monoisotopic (exact) mass is 370 g/mol. The lowest BCUT2D eigenvalue weighted by Gasteiger charge is -2.10. The second-order valence-corrected chi connectivity index (χ2v) is 7.86. The molecule has 1 unspecified atom stereocenters. The number of methoxy groups -OCH3 is 1. The summed E-state index contributed by atoms with van der Waals surface area (Å²) < 4.78 is 4.63. The molecule has 0 aliphatic heterocycles. The largest absolute Gasteiger partial charge is 0.469 e. The molecule has 0 aromatic heterocycles. The predicted molar refractivity (Wildman–Crippen MR) is 111 cm³/mol. The molecule has 156 valence electrons. The van der Waals surface area contributed by atoms with Crippen LogP contribution in [-0.2, 0) is 9.53 Å². The second kappa shape index (κ2) is 20.7. The molecule has 0 saturated heterocycles. The van der Waals surface area contributed by atoms with Gasteiger partial charge in [0.05, 0.1) is 13.2 Å². The Balaban J connectivity index is 3.18. The van der Waals surface area contributed by atoms with Gasteiger partial charge in [-0.05, 0) is 19.3 Å². The molecule has 1 atom stereocenters. The average molecular weight is 371 g/mol. The van der Waals surface area contributed by atoms with Gasteiger partial charge in [0.1, 0.15) is 0 Å². The number of aliphatic hydroxyl groups is 1. The standard InChI is InChI=1S/C23H46O3/c1-3-4-5-6-7-8-9-10-13-16-19-22(24)20-17-14-11-12-15-18-21-23(25)26-2/h22,24H,3-21H2,1-2H3. The fraction of sp³-hybridized carbons (Fsp3) is 0.957. The minimum absolute atomic E-state index is 0.0941. The number of unbranched alkanes of at least 4 members (excludes halogenated alkanes) is 14. The highest BCUT2D eigenvalue weighted by Gasteiger charge is 2.04. The number of carbonyl (C=O) groups is 1. The first-order valence-electron chi connectivity index (χ1n) is 11.5. The van der Waals surface area contributed by atoms with Gasteiger partial charge in [0.25, 0.3) is 0 Å². The van der Waals surface area contributed by atoms with Crippen LogP contribution >= 0.6 is 0 Å². The Bertz CT molecular complexity index is 291. The predicted octanol–water partition coefficient (Wildman–Crippen LogP) is 6.95. The van der Waals surface area contributed by atoms with Crippen molar-refractivity contribution in [3.63, 3.8) is 0 Å². The number of hydrogen-bond acceptors (Lipinski definition) is 3. The third kappa shape index (κ3) is 19.8. The van der Waals surface area contributed by atoms with Crippen molar-refractivity contribution in [3.8, 4) is 0 Å². The third-order valence-corrected chi connectivity index (χ3v) is 5.29. The smallest absolute Gasteiger partial charge is 0.305 e. The molecule has 0 aliphatic rings. The Morgan fingerprint density at radius 3 is 1.50 bits per heavy atom.